The number of hydrogen-bond acceptors (Lipinski definition) is 5. The molecule has 2 aromatic rings. The second-order valence-corrected chi connectivity index (χ2v) is 5.52. The summed E-state index contributed by atoms with van der Waals surface area (Å²) < 4.78 is 0. The summed E-state index contributed by atoms with van der Waals surface area (Å²) in [4.78, 5) is 49.2. The summed E-state index contributed by atoms with van der Waals surface area (Å²) in [5.41, 5.74) is -0.448. The van der Waals surface area contributed by atoms with Gasteiger partial charge in [0.25, 0.3) is 11.8 Å². The van der Waals surface area contributed by atoms with Gasteiger partial charge in [-0.15, -0.1) is 0 Å². The first-order chi connectivity index (χ1) is 11.9. The summed E-state index contributed by atoms with van der Waals surface area (Å²) >= 11 is 0. The minimum atomic E-state index is -1.35. The number of imide groups is 1. The van der Waals surface area contributed by atoms with Crippen LogP contribution in [0.25, 0.3) is 10.8 Å². The molecular weight excluding hydrogens is 330 g/mol. The Morgan fingerprint density at radius 1 is 0.840 bits per heavy atom. The van der Waals surface area contributed by atoms with Crippen LogP contribution in [0.3, 0.4) is 0 Å². The van der Waals surface area contributed by atoms with Gasteiger partial charge in [-0.25, -0.2) is 9.59 Å². The van der Waals surface area contributed by atoms with Crippen LogP contribution in [0.5, 0.6) is 0 Å². The lowest BCUT2D eigenvalue weighted by atomic mass is 9.88. The number of carbonyl (C=O) groups is 4. The smallest absolute Gasteiger partial charge is 0.336 e. The molecule has 8 nitrogen and oxygen atoms in total. The molecule has 0 saturated carbocycles. The van der Waals surface area contributed by atoms with Crippen molar-refractivity contribution in [2.75, 3.05) is 13.2 Å². The van der Waals surface area contributed by atoms with Gasteiger partial charge >= 0.3 is 11.9 Å². The predicted octanol–water partition coefficient (Wildman–Crippen LogP) is 1.21. The van der Waals surface area contributed by atoms with E-state index in [2.05, 4.69) is 0 Å². The molecule has 25 heavy (non-hydrogen) atoms. The van der Waals surface area contributed by atoms with Crippen molar-refractivity contribution in [2.24, 2.45) is 0 Å². The molecule has 0 radical (unpaired) electrons. The zero-order valence-electron chi connectivity index (χ0n) is 12.9. The molecule has 128 valence electrons. The van der Waals surface area contributed by atoms with Crippen molar-refractivity contribution in [3.8, 4) is 0 Å². The maximum Gasteiger partial charge on any atom is 0.336 e. The Labute approximate surface area is 140 Å². The highest BCUT2D eigenvalue weighted by molar-refractivity contribution is 6.29. The minimum Gasteiger partial charge on any atom is -0.478 e. The molecule has 3 rings (SSSR count). The number of carboxylic acids is 2. The van der Waals surface area contributed by atoms with Gasteiger partial charge in [0.2, 0.25) is 0 Å². The van der Waals surface area contributed by atoms with E-state index >= 15 is 0 Å². The second kappa shape index (κ2) is 5.99. The van der Waals surface area contributed by atoms with Gasteiger partial charge in [-0.05, 0) is 30.7 Å². The molecule has 0 bridgehead atoms. The van der Waals surface area contributed by atoms with E-state index in [0.29, 0.717) is 0 Å². The quantitative estimate of drug-likeness (QED) is 0.695. The number of amides is 2. The topological polar surface area (TPSA) is 132 Å². The molecule has 8 heteroatoms. The van der Waals surface area contributed by atoms with E-state index in [0.717, 1.165) is 17.0 Å². The Morgan fingerprint density at radius 2 is 1.32 bits per heavy atom. The standard InChI is InChI=1S/C17H13NO7/c19-7-1-6-18-14(20)8-2-4-10(16(22)23)13-11(17(24)25)5-3-9(12(8)13)15(18)21/h2-5,19H,1,6-7H2,(H,22,23)(H,24,25). The number of carbonyl (C=O) groups excluding carboxylic acids is 2. The van der Waals surface area contributed by atoms with E-state index < -0.39 is 23.8 Å². The molecular formula is C17H13NO7. The number of benzene rings is 2. The second-order valence-electron chi connectivity index (χ2n) is 5.52. The maximum absolute atomic E-state index is 12.6. The summed E-state index contributed by atoms with van der Waals surface area (Å²) in [7, 11) is 0. The van der Waals surface area contributed by atoms with Gasteiger partial charge in [0.1, 0.15) is 0 Å². The van der Waals surface area contributed by atoms with Crippen LogP contribution in [0.2, 0.25) is 0 Å². The van der Waals surface area contributed by atoms with E-state index in [1.807, 2.05) is 0 Å². The summed E-state index contributed by atoms with van der Waals surface area (Å²) in [6, 6.07) is 4.88. The van der Waals surface area contributed by atoms with Gasteiger partial charge in [-0.1, -0.05) is 0 Å². The number of rotatable bonds is 5. The zero-order chi connectivity index (χ0) is 18.3. The number of aromatic carboxylic acids is 2. The Bertz CT molecular complexity index is 879. The summed E-state index contributed by atoms with van der Waals surface area (Å²) in [6.45, 7) is -0.189. The average molecular weight is 343 g/mol. The molecule has 3 N–H and O–H groups in total. The van der Waals surface area contributed by atoms with Gasteiger partial charge in [-0.3, -0.25) is 14.5 Å². The lowest BCUT2D eigenvalue weighted by molar-refractivity contribution is 0.0596. The molecule has 0 aliphatic carbocycles. The van der Waals surface area contributed by atoms with E-state index in [1.54, 1.807) is 0 Å². The van der Waals surface area contributed by atoms with Crippen LogP contribution in [0, 0.1) is 0 Å². The Balaban J connectivity index is 2.37. The Hall–Kier alpha value is -3.26. The predicted molar refractivity (Wildman–Crippen MR) is 84.9 cm³/mol. The molecule has 1 aliphatic rings. The van der Waals surface area contributed by atoms with E-state index in [9.17, 15) is 29.4 Å². The van der Waals surface area contributed by atoms with Crippen molar-refractivity contribution in [2.45, 2.75) is 6.42 Å². The van der Waals surface area contributed by atoms with Crippen LogP contribution >= 0.6 is 0 Å². The van der Waals surface area contributed by atoms with E-state index in [-0.39, 0.29) is 52.6 Å². The fourth-order valence-electron chi connectivity index (χ4n) is 3.02. The fraction of sp³-hybridized carbons (Fsp3) is 0.176. The summed E-state index contributed by atoms with van der Waals surface area (Å²) in [5.74, 6) is -3.99. The van der Waals surface area contributed by atoms with E-state index in [4.69, 9.17) is 5.11 Å². The molecule has 0 unspecified atom stereocenters. The monoisotopic (exact) mass is 343 g/mol. The van der Waals surface area contributed by atoms with Gasteiger partial charge in [0, 0.05) is 35.1 Å². The number of nitrogens with zero attached hydrogens (tertiary/aromatic N) is 1. The maximum atomic E-state index is 12.6. The molecule has 1 heterocycles. The Morgan fingerprint density at radius 3 is 1.72 bits per heavy atom. The third kappa shape index (κ3) is 2.43. The normalized spacial score (nSPS) is 13.4. The van der Waals surface area contributed by atoms with Crippen LogP contribution in [0.4, 0.5) is 0 Å². The SMILES string of the molecule is O=C(O)c1ccc2c3c(ccc(C(=O)O)c13)C(=O)N(CCCO)C2=O. The van der Waals surface area contributed by atoms with Crippen LogP contribution in [0.15, 0.2) is 24.3 Å². The first-order valence-electron chi connectivity index (χ1n) is 7.41. The molecule has 0 fully saturated rings. The first-order valence-corrected chi connectivity index (χ1v) is 7.41. The van der Waals surface area contributed by atoms with Crippen LogP contribution < -0.4 is 0 Å². The highest BCUT2D eigenvalue weighted by Crippen LogP contribution is 2.34. The molecule has 0 saturated heterocycles. The van der Waals surface area contributed by atoms with Gasteiger partial charge in [0.15, 0.2) is 0 Å². The van der Waals surface area contributed by atoms with Crippen LogP contribution in [-0.4, -0.2) is 57.1 Å². The van der Waals surface area contributed by atoms with Crippen molar-refractivity contribution >= 4 is 34.5 Å². The zero-order valence-corrected chi connectivity index (χ0v) is 12.9. The number of aliphatic hydroxyl groups excluding tert-OH is 1. The lowest BCUT2D eigenvalue weighted by Gasteiger charge is -2.27. The molecule has 0 atom stereocenters. The molecule has 2 aromatic carbocycles. The molecule has 0 aromatic heterocycles. The van der Waals surface area contributed by atoms with Gasteiger partial charge < -0.3 is 15.3 Å². The minimum absolute atomic E-state index is 0.0104. The molecule has 1 aliphatic heterocycles. The highest BCUT2D eigenvalue weighted by atomic mass is 16.4. The van der Waals surface area contributed by atoms with Gasteiger partial charge in [-0.2, -0.15) is 0 Å². The molecule has 2 amide bonds. The Kier molecular flexibility index (Phi) is 3.97. The fourth-order valence-corrected chi connectivity index (χ4v) is 3.02. The van der Waals surface area contributed by atoms with Crippen molar-refractivity contribution in [1.82, 2.24) is 4.90 Å². The van der Waals surface area contributed by atoms with Crippen molar-refractivity contribution in [3.05, 3.63) is 46.5 Å². The summed E-state index contributed by atoms with van der Waals surface area (Å²) in [5, 5.41) is 27.6. The first kappa shape index (κ1) is 16.6. The number of hydrogen-bond donors (Lipinski definition) is 3. The van der Waals surface area contributed by atoms with E-state index in [1.165, 1.54) is 12.1 Å². The van der Waals surface area contributed by atoms with Gasteiger partial charge in [0.05, 0.1) is 11.1 Å². The third-order valence-electron chi connectivity index (χ3n) is 4.11. The van der Waals surface area contributed by atoms with Crippen LogP contribution in [-0.2, 0) is 0 Å². The van der Waals surface area contributed by atoms with Crippen LogP contribution in [0.1, 0.15) is 47.9 Å². The van der Waals surface area contributed by atoms with Crippen molar-refractivity contribution in [1.29, 1.82) is 0 Å². The summed E-state index contributed by atoms with van der Waals surface area (Å²) in [6.07, 6.45) is 0.205. The highest BCUT2D eigenvalue weighted by Gasteiger charge is 2.35. The lowest BCUT2D eigenvalue weighted by Crippen LogP contribution is -2.41. The number of aliphatic hydroxyl groups is 1. The van der Waals surface area contributed by atoms with Crippen molar-refractivity contribution < 1.29 is 34.5 Å². The number of carboxylic acid groups (broad SMARTS) is 2. The molecule has 0 spiro atoms. The largest absolute Gasteiger partial charge is 0.478 e. The van der Waals surface area contributed by atoms with Crippen molar-refractivity contribution in [3.63, 3.8) is 0 Å². The third-order valence-corrected chi connectivity index (χ3v) is 4.11. The average Bonchev–Trinajstić information content (AvgIpc) is 2.58.